The predicted molar refractivity (Wildman–Crippen MR) is 56.5 cm³/mol. The van der Waals surface area contributed by atoms with Crippen LogP contribution in [-0.4, -0.2) is 35.5 Å². The number of likely N-dealkylation sites (N-methyl/N-ethyl adjacent to an activating group) is 1. The largest absolute Gasteiger partial charge is 0.480 e. The van der Waals surface area contributed by atoms with Crippen LogP contribution >= 0.6 is 0 Å². The minimum absolute atomic E-state index is 0.0120. The maximum absolute atomic E-state index is 12.0. The molecule has 0 bridgehead atoms. The fourth-order valence-electron chi connectivity index (χ4n) is 2.33. The van der Waals surface area contributed by atoms with Crippen molar-refractivity contribution in [3.63, 3.8) is 0 Å². The second-order valence-electron chi connectivity index (χ2n) is 4.44. The van der Waals surface area contributed by atoms with Crippen LogP contribution in [0.3, 0.4) is 0 Å². The molecular weight excluding hydrogens is 194 g/mol. The van der Waals surface area contributed by atoms with Crippen LogP contribution < -0.4 is 0 Å². The Labute approximate surface area is 90.3 Å². The number of rotatable bonds is 5. The molecule has 1 rings (SSSR count). The fourth-order valence-corrected chi connectivity index (χ4v) is 2.33. The van der Waals surface area contributed by atoms with Gasteiger partial charge in [-0.1, -0.05) is 19.8 Å². The lowest BCUT2D eigenvalue weighted by Gasteiger charge is -2.42. The molecule has 0 aromatic carbocycles. The van der Waals surface area contributed by atoms with Crippen molar-refractivity contribution in [1.82, 2.24) is 4.90 Å². The zero-order valence-corrected chi connectivity index (χ0v) is 9.45. The summed E-state index contributed by atoms with van der Waals surface area (Å²) in [5.41, 5.74) is -0.237. The number of hydrogen-bond donors (Lipinski definition) is 1. The minimum atomic E-state index is -0.947. The summed E-state index contributed by atoms with van der Waals surface area (Å²) in [6.07, 6.45) is 4.79. The van der Waals surface area contributed by atoms with E-state index in [0.29, 0.717) is 0 Å². The standard InChI is InChI=1S/C11H19NO3/c1-3-5-11(6-4-7-11)10(15)12(2)8-9(13)14/h3-8H2,1-2H3,(H,13,14). The van der Waals surface area contributed by atoms with Crippen LogP contribution in [0.4, 0.5) is 0 Å². The van der Waals surface area contributed by atoms with Gasteiger partial charge < -0.3 is 10.0 Å². The predicted octanol–water partition coefficient (Wildman–Crippen LogP) is 1.50. The molecule has 15 heavy (non-hydrogen) atoms. The zero-order chi connectivity index (χ0) is 11.5. The van der Waals surface area contributed by atoms with Crippen molar-refractivity contribution < 1.29 is 14.7 Å². The Morgan fingerprint density at radius 1 is 1.40 bits per heavy atom. The number of hydrogen-bond acceptors (Lipinski definition) is 2. The smallest absolute Gasteiger partial charge is 0.323 e. The average Bonchev–Trinajstić information content (AvgIpc) is 2.09. The SMILES string of the molecule is CCCC1(C(=O)N(C)CC(=O)O)CCC1. The third kappa shape index (κ3) is 2.49. The average molecular weight is 213 g/mol. The van der Waals surface area contributed by atoms with Crippen LogP contribution in [0.25, 0.3) is 0 Å². The molecule has 1 amide bonds. The fraction of sp³-hybridized carbons (Fsp3) is 0.818. The molecule has 4 nitrogen and oxygen atoms in total. The molecule has 1 saturated carbocycles. The highest BCUT2D eigenvalue weighted by Gasteiger charge is 2.44. The molecule has 1 fully saturated rings. The highest BCUT2D eigenvalue weighted by Crippen LogP contribution is 2.46. The van der Waals surface area contributed by atoms with Gasteiger partial charge in [-0.15, -0.1) is 0 Å². The number of amides is 1. The van der Waals surface area contributed by atoms with Crippen molar-refractivity contribution in [2.75, 3.05) is 13.6 Å². The number of aliphatic carboxylic acids is 1. The van der Waals surface area contributed by atoms with Crippen LogP contribution in [0.5, 0.6) is 0 Å². The van der Waals surface area contributed by atoms with Gasteiger partial charge in [-0.25, -0.2) is 0 Å². The zero-order valence-electron chi connectivity index (χ0n) is 9.45. The van der Waals surface area contributed by atoms with Crippen LogP contribution in [0, 0.1) is 5.41 Å². The lowest BCUT2D eigenvalue weighted by atomic mass is 9.65. The summed E-state index contributed by atoms with van der Waals surface area (Å²) >= 11 is 0. The molecule has 0 unspecified atom stereocenters. The summed E-state index contributed by atoms with van der Waals surface area (Å²) in [7, 11) is 1.58. The van der Waals surface area contributed by atoms with E-state index in [9.17, 15) is 9.59 Å². The monoisotopic (exact) mass is 213 g/mol. The van der Waals surface area contributed by atoms with Crippen molar-refractivity contribution in [2.45, 2.75) is 39.0 Å². The van der Waals surface area contributed by atoms with Crippen LogP contribution in [-0.2, 0) is 9.59 Å². The van der Waals surface area contributed by atoms with Crippen LogP contribution in [0.15, 0.2) is 0 Å². The summed E-state index contributed by atoms with van der Waals surface area (Å²) in [5.74, 6) is -0.935. The van der Waals surface area contributed by atoms with E-state index in [4.69, 9.17) is 5.11 Å². The van der Waals surface area contributed by atoms with Gasteiger partial charge in [0.2, 0.25) is 5.91 Å². The Balaban J connectivity index is 2.60. The third-order valence-corrected chi connectivity index (χ3v) is 3.21. The van der Waals surface area contributed by atoms with E-state index >= 15 is 0 Å². The number of carbonyl (C=O) groups is 2. The normalized spacial score (nSPS) is 18.0. The Bertz CT molecular complexity index is 259. The summed E-state index contributed by atoms with van der Waals surface area (Å²) in [6.45, 7) is 1.87. The van der Waals surface area contributed by atoms with Crippen molar-refractivity contribution in [1.29, 1.82) is 0 Å². The Hall–Kier alpha value is -1.06. The van der Waals surface area contributed by atoms with Gasteiger partial charge in [0.05, 0.1) is 0 Å². The molecule has 1 N–H and O–H groups in total. The van der Waals surface area contributed by atoms with E-state index in [1.807, 2.05) is 0 Å². The van der Waals surface area contributed by atoms with Gasteiger partial charge in [0.25, 0.3) is 0 Å². The molecule has 4 heteroatoms. The van der Waals surface area contributed by atoms with E-state index in [2.05, 4.69) is 6.92 Å². The molecule has 86 valence electrons. The Morgan fingerprint density at radius 3 is 2.33 bits per heavy atom. The molecule has 0 radical (unpaired) electrons. The molecule has 0 heterocycles. The molecule has 0 aliphatic heterocycles. The topological polar surface area (TPSA) is 57.6 Å². The summed E-state index contributed by atoms with van der Waals surface area (Å²) in [6, 6.07) is 0. The van der Waals surface area contributed by atoms with Crippen molar-refractivity contribution in [3.05, 3.63) is 0 Å². The lowest BCUT2D eigenvalue weighted by molar-refractivity contribution is -0.152. The van der Waals surface area contributed by atoms with Crippen molar-refractivity contribution >= 4 is 11.9 Å². The first-order valence-corrected chi connectivity index (χ1v) is 5.49. The molecule has 0 spiro atoms. The molecule has 0 atom stereocenters. The minimum Gasteiger partial charge on any atom is -0.480 e. The van der Waals surface area contributed by atoms with Gasteiger partial charge >= 0.3 is 5.97 Å². The highest BCUT2D eigenvalue weighted by atomic mass is 16.4. The second-order valence-corrected chi connectivity index (χ2v) is 4.44. The molecular formula is C11H19NO3. The van der Waals surface area contributed by atoms with E-state index in [1.54, 1.807) is 7.05 Å². The maximum Gasteiger partial charge on any atom is 0.323 e. The van der Waals surface area contributed by atoms with Gasteiger partial charge in [-0.2, -0.15) is 0 Å². The molecule has 0 aromatic rings. The van der Waals surface area contributed by atoms with E-state index in [-0.39, 0.29) is 17.9 Å². The van der Waals surface area contributed by atoms with Crippen molar-refractivity contribution in [2.24, 2.45) is 5.41 Å². The maximum atomic E-state index is 12.0. The molecule has 0 saturated heterocycles. The first-order chi connectivity index (χ1) is 7.02. The third-order valence-electron chi connectivity index (χ3n) is 3.21. The summed E-state index contributed by atoms with van der Waals surface area (Å²) in [4.78, 5) is 23.9. The van der Waals surface area contributed by atoms with Gasteiger partial charge in [-0.3, -0.25) is 9.59 Å². The lowest BCUT2D eigenvalue weighted by Crippen LogP contribution is -2.47. The summed E-state index contributed by atoms with van der Waals surface area (Å²) < 4.78 is 0. The first-order valence-electron chi connectivity index (χ1n) is 5.49. The second kappa shape index (κ2) is 4.64. The summed E-state index contributed by atoms with van der Waals surface area (Å²) in [5, 5.41) is 8.63. The van der Waals surface area contributed by atoms with Gasteiger partial charge in [-0.05, 0) is 19.3 Å². The van der Waals surface area contributed by atoms with Crippen molar-refractivity contribution in [3.8, 4) is 0 Å². The number of carbonyl (C=O) groups excluding carboxylic acids is 1. The Kier molecular flexibility index (Phi) is 3.72. The van der Waals surface area contributed by atoms with E-state index in [1.165, 1.54) is 4.90 Å². The molecule has 1 aliphatic carbocycles. The number of carboxylic acids is 1. The molecule has 1 aliphatic rings. The molecule has 0 aromatic heterocycles. The van der Waals surface area contributed by atoms with Gasteiger partial charge in [0.1, 0.15) is 6.54 Å². The van der Waals surface area contributed by atoms with Gasteiger partial charge in [0, 0.05) is 12.5 Å². The van der Waals surface area contributed by atoms with Gasteiger partial charge in [0.15, 0.2) is 0 Å². The highest BCUT2D eigenvalue weighted by molar-refractivity contribution is 5.86. The number of carboxylic acid groups (broad SMARTS) is 1. The first kappa shape index (κ1) is 12.0. The Morgan fingerprint density at radius 2 is 2.00 bits per heavy atom. The van der Waals surface area contributed by atoms with E-state index < -0.39 is 5.97 Å². The quantitative estimate of drug-likeness (QED) is 0.753. The van der Waals surface area contributed by atoms with E-state index in [0.717, 1.165) is 32.1 Å². The number of nitrogens with zero attached hydrogens (tertiary/aromatic N) is 1. The van der Waals surface area contributed by atoms with Crippen LogP contribution in [0.2, 0.25) is 0 Å². The van der Waals surface area contributed by atoms with Crippen LogP contribution in [0.1, 0.15) is 39.0 Å².